The van der Waals surface area contributed by atoms with E-state index in [0.717, 1.165) is 11.5 Å². The molecule has 0 heterocycles. The van der Waals surface area contributed by atoms with Crippen LogP contribution < -0.4 is 5.32 Å². The van der Waals surface area contributed by atoms with Gasteiger partial charge in [0.25, 0.3) is 0 Å². The summed E-state index contributed by atoms with van der Waals surface area (Å²) in [5, 5.41) is 4.02. The van der Waals surface area contributed by atoms with Crippen molar-refractivity contribution in [3.05, 3.63) is 34.6 Å². The van der Waals surface area contributed by atoms with Gasteiger partial charge in [0.15, 0.2) is 0 Å². The van der Waals surface area contributed by atoms with E-state index < -0.39 is 0 Å². The van der Waals surface area contributed by atoms with Gasteiger partial charge in [-0.1, -0.05) is 30.5 Å². The van der Waals surface area contributed by atoms with Gasteiger partial charge in [0.2, 0.25) is 0 Å². The Labute approximate surface area is 107 Å². The van der Waals surface area contributed by atoms with E-state index in [2.05, 4.69) is 19.2 Å². The van der Waals surface area contributed by atoms with Gasteiger partial charge in [-0.15, -0.1) is 0 Å². The lowest BCUT2D eigenvalue weighted by molar-refractivity contribution is 0.438. The van der Waals surface area contributed by atoms with Crippen molar-refractivity contribution in [1.29, 1.82) is 0 Å². The zero-order chi connectivity index (χ0) is 12.4. The number of hydrogen-bond donors (Lipinski definition) is 1. The Balaban J connectivity index is 1.95. The highest BCUT2D eigenvalue weighted by molar-refractivity contribution is 6.31. The van der Waals surface area contributed by atoms with Crippen molar-refractivity contribution < 1.29 is 4.39 Å². The van der Waals surface area contributed by atoms with Crippen LogP contribution in [0.1, 0.15) is 44.7 Å². The van der Waals surface area contributed by atoms with Gasteiger partial charge < -0.3 is 5.32 Å². The molecule has 0 radical (unpaired) electrons. The molecule has 1 aliphatic rings. The zero-order valence-electron chi connectivity index (χ0n) is 10.3. The summed E-state index contributed by atoms with van der Waals surface area (Å²) in [5.41, 5.74) is 0.968. The molecule has 1 fully saturated rings. The van der Waals surface area contributed by atoms with Gasteiger partial charge in [-0.2, -0.15) is 0 Å². The average Bonchev–Trinajstić information content (AvgIpc) is 3.00. The van der Waals surface area contributed by atoms with Crippen molar-refractivity contribution in [2.24, 2.45) is 5.92 Å². The van der Waals surface area contributed by atoms with Gasteiger partial charge in [0, 0.05) is 17.1 Å². The van der Waals surface area contributed by atoms with Crippen LogP contribution >= 0.6 is 11.6 Å². The lowest BCUT2D eigenvalue weighted by atomic mass is 10.1. The molecule has 1 aromatic carbocycles. The summed E-state index contributed by atoms with van der Waals surface area (Å²) >= 11 is 6.05. The molecule has 2 unspecified atom stereocenters. The molecule has 0 bridgehead atoms. The molecule has 1 aromatic rings. The molecular weight excluding hydrogens is 237 g/mol. The molecule has 17 heavy (non-hydrogen) atoms. The number of nitrogens with one attached hydrogen (secondary N) is 1. The van der Waals surface area contributed by atoms with E-state index in [1.807, 2.05) is 0 Å². The zero-order valence-corrected chi connectivity index (χ0v) is 11.1. The number of rotatable bonds is 5. The van der Waals surface area contributed by atoms with E-state index in [-0.39, 0.29) is 11.9 Å². The lowest BCUT2D eigenvalue weighted by Gasteiger charge is -2.21. The van der Waals surface area contributed by atoms with Crippen LogP contribution in [0.25, 0.3) is 0 Å². The van der Waals surface area contributed by atoms with Gasteiger partial charge in [-0.25, -0.2) is 4.39 Å². The minimum Gasteiger partial charge on any atom is -0.308 e. The van der Waals surface area contributed by atoms with Crippen LogP contribution in [0.2, 0.25) is 5.02 Å². The molecule has 1 aliphatic carbocycles. The van der Waals surface area contributed by atoms with E-state index in [0.29, 0.717) is 11.1 Å². The van der Waals surface area contributed by atoms with Crippen LogP contribution in [-0.4, -0.2) is 6.04 Å². The quantitative estimate of drug-likeness (QED) is 0.826. The second kappa shape index (κ2) is 5.36. The van der Waals surface area contributed by atoms with Crippen molar-refractivity contribution in [3.63, 3.8) is 0 Å². The maximum Gasteiger partial charge on any atom is 0.124 e. The monoisotopic (exact) mass is 255 g/mol. The van der Waals surface area contributed by atoms with Gasteiger partial charge >= 0.3 is 0 Å². The first-order valence-corrected chi connectivity index (χ1v) is 6.65. The van der Waals surface area contributed by atoms with E-state index in [9.17, 15) is 4.39 Å². The fourth-order valence-corrected chi connectivity index (χ4v) is 2.62. The first-order valence-electron chi connectivity index (χ1n) is 6.27. The molecule has 1 N–H and O–H groups in total. The minimum absolute atomic E-state index is 0.164. The molecule has 0 amide bonds. The molecule has 1 saturated carbocycles. The molecular formula is C14H19ClFN. The topological polar surface area (TPSA) is 12.0 Å². The molecule has 2 rings (SSSR count). The first kappa shape index (κ1) is 12.8. The average molecular weight is 256 g/mol. The van der Waals surface area contributed by atoms with Crippen LogP contribution in [0.15, 0.2) is 18.2 Å². The highest BCUT2D eigenvalue weighted by Gasteiger charge is 2.24. The molecule has 94 valence electrons. The highest BCUT2D eigenvalue weighted by atomic mass is 35.5. The maximum absolute atomic E-state index is 12.9. The predicted octanol–water partition coefficient (Wildman–Crippen LogP) is 4.32. The largest absolute Gasteiger partial charge is 0.308 e. The number of benzene rings is 1. The van der Waals surface area contributed by atoms with E-state index in [4.69, 9.17) is 11.6 Å². The van der Waals surface area contributed by atoms with Crippen LogP contribution in [0.5, 0.6) is 0 Å². The normalized spacial score (nSPS) is 19.1. The number of hydrogen-bond acceptors (Lipinski definition) is 1. The van der Waals surface area contributed by atoms with E-state index in [1.165, 1.54) is 31.4 Å². The Hall–Kier alpha value is -0.600. The third-order valence-electron chi connectivity index (χ3n) is 3.35. The van der Waals surface area contributed by atoms with Crippen molar-refractivity contribution in [3.8, 4) is 0 Å². The third kappa shape index (κ3) is 3.68. The van der Waals surface area contributed by atoms with E-state index >= 15 is 0 Å². The summed E-state index contributed by atoms with van der Waals surface area (Å²) in [6.07, 6.45) is 3.97. The Bertz CT molecular complexity index is 390. The van der Waals surface area contributed by atoms with Crippen molar-refractivity contribution in [1.82, 2.24) is 5.32 Å². The smallest absolute Gasteiger partial charge is 0.124 e. The molecule has 2 atom stereocenters. The van der Waals surface area contributed by atoms with Crippen LogP contribution in [-0.2, 0) is 0 Å². The third-order valence-corrected chi connectivity index (χ3v) is 3.67. The fourth-order valence-electron chi connectivity index (χ4n) is 2.29. The fraction of sp³-hybridized carbons (Fsp3) is 0.571. The Morgan fingerprint density at radius 2 is 2.12 bits per heavy atom. The molecule has 3 heteroatoms. The SMILES string of the molecule is CC(CC1CC1)NC(C)c1ccc(F)cc1Cl. The standard InChI is InChI=1S/C14H19ClFN/c1-9(7-11-3-4-11)17-10(2)13-6-5-12(16)8-14(13)15/h5-6,8-11,17H,3-4,7H2,1-2H3. The Morgan fingerprint density at radius 3 is 2.71 bits per heavy atom. The molecule has 0 aliphatic heterocycles. The van der Waals surface area contributed by atoms with Crippen LogP contribution in [0.3, 0.4) is 0 Å². The van der Waals surface area contributed by atoms with Gasteiger partial charge in [0.1, 0.15) is 5.82 Å². The van der Waals surface area contributed by atoms with E-state index in [1.54, 1.807) is 6.07 Å². The van der Waals surface area contributed by atoms with Crippen LogP contribution in [0, 0.1) is 11.7 Å². The highest BCUT2D eigenvalue weighted by Crippen LogP contribution is 2.34. The lowest BCUT2D eigenvalue weighted by Crippen LogP contribution is -2.29. The van der Waals surface area contributed by atoms with Crippen molar-refractivity contribution in [2.45, 2.75) is 45.2 Å². The van der Waals surface area contributed by atoms with Gasteiger partial charge in [-0.05, 0) is 43.9 Å². The van der Waals surface area contributed by atoms with Gasteiger partial charge in [-0.3, -0.25) is 0 Å². The summed E-state index contributed by atoms with van der Waals surface area (Å²) in [6, 6.07) is 5.25. The second-order valence-corrected chi connectivity index (χ2v) is 5.54. The molecule has 1 nitrogen and oxygen atoms in total. The van der Waals surface area contributed by atoms with Gasteiger partial charge in [0.05, 0.1) is 0 Å². The summed E-state index contributed by atoms with van der Waals surface area (Å²) in [4.78, 5) is 0. The molecule has 0 saturated heterocycles. The summed E-state index contributed by atoms with van der Waals surface area (Å²) in [7, 11) is 0. The predicted molar refractivity (Wildman–Crippen MR) is 69.8 cm³/mol. The summed E-state index contributed by atoms with van der Waals surface area (Å²) < 4.78 is 12.9. The van der Waals surface area contributed by atoms with Crippen molar-refractivity contribution in [2.75, 3.05) is 0 Å². The molecule has 0 spiro atoms. The summed E-state index contributed by atoms with van der Waals surface area (Å²) in [5.74, 6) is 0.630. The minimum atomic E-state index is -0.281. The Morgan fingerprint density at radius 1 is 1.41 bits per heavy atom. The second-order valence-electron chi connectivity index (χ2n) is 5.13. The van der Waals surface area contributed by atoms with Crippen molar-refractivity contribution >= 4 is 11.6 Å². The molecule has 0 aromatic heterocycles. The number of halogens is 2. The van der Waals surface area contributed by atoms with Crippen LogP contribution in [0.4, 0.5) is 4.39 Å². The summed E-state index contributed by atoms with van der Waals surface area (Å²) in [6.45, 7) is 4.27. The Kier molecular flexibility index (Phi) is 4.05. The maximum atomic E-state index is 12.9. The first-order chi connectivity index (χ1) is 8.06.